The minimum Gasteiger partial charge on any atom is -0.496 e. The van der Waals surface area contributed by atoms with E-state index >= 15 is 0 Å². The Morgan fingerprint density at radius 3 is 2.82 bits per heavy atom. The molecule has 0 unspecified atom stereocenters. The number of methoxy groups -OCH3 is 1. The zero-order chi connectivity index (χ0) is 12.6. The summed E-state index contributed by atoms with van der Waals surface area (Å²) in [6.07, 6.45) is -1.24. The summed E-state index contributed by atoms with van der Waals surface area (Å²) in [5, 5.41) is 8.85. The van der Waals surface area contributed by atoms with Crippen LogP contribution in [-0.4, -0.2) is 30.1 Å². The van der Waals surface area contributed by atoms with Crippen molar-refractivity contribution in [3.8, 4) is 11.5 Å². The molecule has 0 saturated heterocycles. The average molecular weight is 236 g/mol. The van der Waals surface area contributed by atoms with Gasteiger partial charge in [-0.15, -0.1) is 0 Å². The number of aryl methyl sites for hydroxylation is 1. The number of ether oxygens (including phenoxy) is 2. The number of carbonyl (C=O) groups excluding carboxylic acids is 1. The fourth-order valence-electron chi connectivity index (χ4n) is 1.81. The zero-order valence-electron chi connectivity index (χ0n) is 9.52. The van der Waals surface area contributed by atoms with Gasteiger partial charge in [0.05, 0.1) is 19.1 Å². The molecule has 1 heterocycles. The molecule has 0 fully saturated rings. The Morgan fingerprint density at radius 1 is 1.53 bits per heavy atom. The standard InChI is InChI=1S/C12H12O5/c1-6-3-10-7(4-9(6)16-2)8(13)5-11(17-10)12(14)15/h3-4,11H,5H2,1-2H3,(H,14,15)/t11-/m1/s1. The molecule has 5 nitrogen and oxygen atoms in total. The van der Waals surface area contributed by atoms with E-state index in [1.165, 1.54) is 7.11 Å². The Labute approximate surface area is 98.0 Å². The molecule has 1 atom stereocenters. The van der Waals surface area contributed by atoms with Crippen LogP contribution in [0.25, 0.3) is 0 Å². The van der Waals surface area contributed by atoms with Crippen LogP contribution in [0, 0.1) is 6.92 Å². The number of carbonyl (C=O) groups is 2. The van der Waals surface area contributed by atoms with Crippen LogP contribution in [0.5, 0.6) is 11.5 Å². The maximum atomic E-state index is 11.8. The fraction of sp³-hybridized carbons (Fsp3) is 0.333. The highest BCUT2D eigenvalue weighted by molar-refractivity contribution is 6.02. The molecule has 0 saturated carbocycles. The van der Waals surface area contributed by atoms with Crippen molar-refractivity contribution in [2.24, 2.45) is 0 Å². The Bertz CT molecular complexity index is 492. The van der Waals surface area contributed by atoms with Crippen LogP contribution >= 0.6 is 0 Å². The number of hydrogen-bond donors (Lipinski definition) is 1. The number of aliphatic carboxylic acids is 1. The molecular formula is C12H12O5. The molecule has 0 amide bonds. The number of carboxylic acid groups (broad SMARTS) is 1. The van der Waals surface area contributed by atoms with E-state index in [9.17, 15) is 9.59 Å². The highest BCUT2D eigenvalue weighted by Crippen LogP contribution is 2.33. The SMILES string of the molecule is COc1cc2c(cc1C)O[C@@H](C(=O)O)CC2=O. The quantitative estimate of drug-likeness (QED) is 0.840. The smallest absolute Gasteiger partial charge is 0.345 e. The number of benzene rings is 1. The van der Waals surface area contributed by atoms with Crippen LogP contribution in [0.1, 0.15) is 22.3 Å². The number of hydrogen-bond acceptors (Lipinski definition) is 4. The van der Waals surface area contributed by atoms with Crippen LogP contribution in [0.4, 0.5) is 0 Å². The molecule has 5 heteroatoms. The van der Waals surface area contributed by atoms with Crippen molar-refractivity contribution >= 4 is 11.8 Å². The van der Waals surface area contributed by atoms with Crippen molar-refractivity contribution in [3.05, 3.63) is 23.3 Å². The lowest BCUT2D eigenvalue weighted by atomic mass is 9.99. The normalized spacial score (nSPS) is 18.2. The van der Waals surface area contributed by atoms with Gasteiger partial charge < -0.3 is 14.6 Å². The van der Waals surface area contributed by atoms with Crippen molar-refractivity contribution in [2.45, 2.75) is 19.4 Å². The number of fused-ring (bicyclic) bond motifs is 1. The molecular weight excluding hydrogens is 224 g/mol. The van der Waals surface area contributed by atoms with Crippen molar-refractivity contribution in [1.82, 2.24) is 0 Å². The first-order valence-electron chi connectivity index (χ1n) is 5.14. The van der Waals surface area contributed by atoms with Crippen LogP contribution in [-0.2, 0) is 4.79 Å². The van der Waals surface area contributed by atoms with Gasteiger partial charge in [-0.3, -0.25) is 4.79 Å². The van der Waals surface area contributed by atoms with Gasteiger partial charge in [0.1, 0.15) is 11.5 Å². The van der Waals surface area contributed by atoms with Crippen molar-refractivity contribution in [3.63, 3.8) is 0 Å². The fourth-order valence-corrected chi connectivity index (χ4v) is 1.81. The van der Waals surface area contributed by atoms with Gasteiger partial charge in [-0.2, -0.15) is 0 Å². The van der Waals surface area contributed by atoms with E-state index in [0.717, 1.165) is 5.56 Å². The highest BCUT2D eigenvalue weighted by atomic mass is 16.5. The van der Waals surface area contributed by atoms with Crippen molar-refractivity contribution < 1.29 is 24.2 Å². The zero-order valence-corrected chi connectivity index (χ0v) is 9.52. The number of Topliss-reactive ketones (excluding diaryl/α,β-unsaturated/α-hetero) is 1. The minimum atomic E-state index is -1.13. The lowest BCUT2D eigenvalue weighted by molar-refractivity contribution is -0.145. The molecule has 1 N–H and O–H groups in total. The van der Waals surface area contributed by atoms with E-state index in [2.05, 4.69) is 0 Å². The predicted octanol–water partition coefficient (Wildman–Crippen LogP) is 1.42. The number of carboxylic acids is 1. The summed E-state index contributed by atoms with van der Waals surface area (Å²) in [7, 11) is 1.52. The lowest BCUT2D eigenvalue weighted by Crippen LogP contribution is -2.33. The Kier molecular flexibility index (Phi) is 2.75. The van der Waals surface area contributed by atoms with Gasteiger partial charge >= 0.3 is 5.97 Å². The maximum absolute atomic E-state index is 11.8. The molecule has 1 aliphatic heterocycles. The number of rotatable bonds is 2. The molecule has 90 valence electrons. The molecule has 0 spiro atoms. The minimum absolute atomic E-state index is 0.144. The summed E-state index contributed by atoms with van der Waals surface area (Å²) in [6, 6.07) is 3.21. The predicted molar refractivity (Wildman–Crippen MR) is 58.7 cm³/mol. The Morgan fingerprint density at radius 2 is 2.24 bits per heavy atom. The second kappa shape index (κ2) is 4.08. The molecule has 1 aromatic rings. The summed E-state index contributed by atoms with van der Waals surface area (Å²) in [5.74, 6) is -0.462. The molecule has 0 radical (unpaired) electrons. The second-order valence-corrected chi connectivity index (χ2v) is 3.89. The molecule has 0 aliphatic carbocycles. The maximum Gasteiger partial charge on any atom is 0.345 e. The van der Waals surface area contributed by atoms with Crippen molar-refractivity contribution in [2.75, 3.05) is 7.11 Å². The van der Waals surface area contributed by atoms with E-state index in [1.54, 1.807) is 19.1 Å². The third kappa shape index (κ3) is 1.95. The average Bonchev–Trinajstić information content (AvgIpc) is 2.27. The first-order chi connectivity index (χ1) is 8.02. The molecule has 0 bridgehead atoms. The largest absolute Gasteiger partial charge is 0.496 e. The Hall–Kier alpha value is -2.04. The summed E-state index contributed by atoms with van der Waals surface area (Å²) >= 11 is 0. The molecule has 1 aliphatic rings. The third-order valence-electron chi connectivity index (χ3n) is 2.71. The summed E-state index contributed by atoms with van der Waals surface area (Å²) < 4.78 is 10.4. The summed E-state index contributed by atoms with van der Waals surface area (Å²) in [6.45, 7) is 1.80. The first-order valence-corrected chi connectivity index (χ1v) is 5.14. The number of ketones is 1. The molecule has 2 rings (SSSR count). The highest BCUT2D eigenvalue weighted by Gasteiger charge is 2.31. The van der Waals surface area contributed by atoms with Gasteiger partial charge in [0.2, 0.25) is 6.10 Å². The van der Waals surface area contributed by atoms with Gasteiger partial charge in [0, 0.05) is 0 Å². The Balaban J connectivity index is 2.45. The van der Waals surface area contributed by atoms with Crippen LogP contribution < -0.4 is 9.47 Å². The molecule has 17 heavy (non-hydrogen) atoms. The van der Waals surface area contributed by atoms with E-state index < -0.39 is 12.1 Å². The summed E-state index contributed by atoms with van der Waals surface area (Å²) in [4.78, 5) is 22.6. The third-order valence-corrected chi connectivity index (χ3v) is 2.71. The van der Waals surface area contributed by atoms with Crippen LogP contribution in [0.2, 0.25) is 0 Å². The first kappa shape index (κ1) is 11.4. The summed E-state index contributed by atoms with van der Waals surface area (Å²) in [5.41, 5.74) is 1.18. The van der Waals surface area contributed by atoms with Crippen molar-refractivity contribution in [1.29, 1.82) is 0 Å². The topological polar surface area (TPSA) is 72.8 Å². The second-order valence-electron chi connectivity index (χ2n) is 3.89. The molecule has 0 aromatic heterocycles. The van der Waals surface area contributed by atoms with E-state index in [-0.39, 0.29) is 12.2 Å². The van der Waals surface area contributed by atoms with Gasteiger partial charge in [0.25, 0.3) is 0 Å². The van der Waals surface area contributed by atoms with Gasteiger partial charge in [-0.1, -0.05) is 0 Å². The van der Waals surface area contributed by atoms with Crippen LogP contribution in [0.15, 0.2) is 12.1 Å². The van der Waals surface area contributed by atoms with Gasteiger partial charge in [-0.25, -0.2) is 4.79 Å². The van der Waals surface area contributed by atoms with Crippen LogP contribution in [0.3, 0.4) is 0 Å². The molecule has 1 aromatic carbocycles. The monoisotopic (exact) mass is 236 g/mol. The van der Waals surface area contributed by atoms with E-state index in [1.807, 2.05) is 0 Å². The van der Waals surface area contributed by atoms with Gasteiger partial charge in [0.15, 0.2) is 5.78 Å². The van der Waals surface area contributed by atoms with E-state index in [4.69, 9.17) is 14.6 Å². The lowest BCUT2D eigenvalue weighted by Gasteiger charge is -2.23. The van der Waals surface area contributed by atoms with Gasteiger partial charge in [-0.05, 0) is 24.6 Å². The van der Waals surface area contributed by atoms with E-state index in [0.29, 0.717) is 17.1 Å².